The molecule has 8 nitrogen and oxygen atoms in total. The first-order chi connectivity index (χ1) is 14.6. The van der Waals surface area contributed by atoms with E-state index in [2.05, 4.69) is 20.4 Å². The average Bonchev–Trinajstić information content (AvgIpc) is 3.23. The monoisotopic (exact) mass is 427 g/mol. The molecule has 0 atom stereocenters. The van der Waals surface area contributed by atoms with Crippen molar-refractivity contribution in [3.05, 3.63) is 59.4 Å². The predicted octanol–water partition coefficient (Wildman–Crippen LogP) is 3.75. The maximum absolute atomic E-state index is 12.5. The molecule has 0 radical (unpaired) electrons. The molecular weight excluding hydrogens is 406 g/mol. The lowest BCUT2D eigenvalue weighted by molar-refractivity contribution is 0.133. The highest BCUT2D eigenvalue weighted by molar-refractivity contribution is 6.30. The van der Waals surface area contributed by atoms with E-state index in [0.717, 1.165) is 30.1 Å². The lowest BCUT2D eigenvalue weighted by Crippen LogP contribution is -2.49. The first kappa shape index (κ1) is 20.2. The summed E-state index contributed by atoms with van der Waals surface area (Å²) in [5.74, 6) is 1.84. The third-order valence-corrected chi connectivity index (χ3v) is 5.18. The van der Waals surface area contributed by atoms with Crippen molar-refractivity contribution in [1.82, 2.24) is 19.9 Å². The van der Waals surface area contributed by atoms with Crippen LogP contribution in [0.3, 0.4) is 0 Å². The minimum Gasteiger partial charge on any atom is -0.497 e. The van der Waals surface area contributed by atoms with E-state index in [-0.39, 0.29) is 6.03 Å². The minimum atomic E-state index is -0.109. The molecule has 2 aromatic carbocycles. The van der Waals surface area contributed by atoms with Crippen LogP contribution in [-0.2, 0) is 6.54 Å². The lowest BCUT2D eigenvalue weighted by Gasteiger charge is -2.33. The summed E-state index contributed by atoms with van der Waals surface area (Å²) < 4.78 is 10.5. The molecule has 1 fully saturated rings. The van der Waals surface area contributed by atoms with Crippen molar-refractivity contribution in [3.8, 4) is 17.1 Å². The average molecular weight is 428 g/mol. The number of aromatic nitrogens is 2. The van der Waals surface area contributed by atoms with Gasteiger partial charge in [0.15, 0.2) is 0 Å². The second-order valence-electron chi connectivity index (χ2n) is 6.94. The number of hydrogen-bond donors (Lipinski definition) is 1. The summed E-state index contributed by atoms with van der Waals surface area (Å²) in [6.45, 7) is 3.26. The molecule has 0 unspecified atom stereocenters. The van der Waals surface area contributed by atoms with Gasteiger partial charge in [-0.25, -0.2) is 4.79 Å². The van der Waals surface area contributed by atoms with Crippen molar-refractivity contribution < 1.29 is 14.1 Å². The van der Waals surface area contributed by atoms with Gasteiger partial charge in [0, 0.05) is 42.5 Å². The van der Waals surface area contributed by atoms with Gasteiger partial charge in [0.25, 0.3) is 0 Å². The molecule has 0 bridgehead atoms. The molecule has 3 aromatic rings. The molecule has 4 rings (SSSR count). The lowest BCUT2D eigenvalue weighted by atomic mass is 10.2. The number of piperazine rings is 1. The van der Waals surface area contributed by atoms with Gasteiger partial charge in [0.1, 0.15) is 5.75 Å². The first-order valence-corrected chi connectivity index (χ1v) is 9.99. The summed E-state index contributed by atoms with van der Waals surface area (Å²) in [6.07, 6.45) is 0. The van der Waals surface area contributed by atoms with Gasteiger partial charge in [-0.2, -0.15) is 4.98 Å². The van der Waals surface area contributed by atoms with Crippen LogP contribution in [-0.4, -0.2) is 59.3 Å². The van der Waals surface area contributed by atoms with Gasteiger partial charge >= 0.3 is 6.03 Å². The van der Waals surface area contributed by atoms with Gasteiger partial charge in [0.05, 0.1) is 13.7 Å². The van der Waals surface area contributed by atoms with Crippen molar-refractivity contribution in [2.75, 3.05) is 38.6 Å². The zero-order valence-corrected chi connectivity index (χ0v) is 17.3. The summed E-state index contributed by atoms with van der Waals surface area (Å²) in [7, 11) is 1.61. The van der Waals surface area contributed by atoms with E-state index < -0.39 is 0 Å². The third-order valence-electron chi connectivity index (χ3n) is 4.93. The van der Waals surface area contributed by atoms with E-state index >= 15 is 0 Å². The molecule has 1 aliphatic heterocycles. The molecule has 0 aliphatic carbocycles. The number of anilines is 1. The molecule has 1 aromatic heterocycles. The second-order valence-corrected chi connectivity index (χ2v) is 7.38. The van der Waals surface area contributed by atoms with Gasteiger partial charge in [-0.1, -0.05) is 16.8 Å². The van der Waals surface area contributed by atoms with Crippen LogP contribution in [0, 0.1) is 0 Å². The SMILES string of the molecule is COc1ccc(NC(=O)N2CCN(Cc3nc(-c4ccc(Cl)cc4)no3)CC2)cc1. The van der Waals surface area contributed by atoms with Gasteiger partial charge in [0.2, 0.25) is 11.7 Å². The Balaban J connectivity index is 1.27. The number of rotatable bonds is 5. The molecule has 2 heterocycles. The smallest absolute Gasteiger partial charge is 0.321 e. The van der Waals surface area contributed by atoms with Crippen LogP contribution in [0.4, 0.5) is 10.5 Å². The maximum atomic E-state index is 12.5. The largest absolute Gasteiger partial charge is 0.497 e. The number of carbonyl (C=O) groups excluding carboxylic acids is 1. The van der Waals surface area contributed by atoms with E-state index in [1.807, 2.05) is 36.4 Å². The number of halogens is 1. The summed E-state index contributed by atoms with van der Waals surface area (Å²) >= 11 is 5.92. The Morgan fingerprint density at radius 1 is 1.10 bits per heavy atom. The fraction of sp³-hybridized carbons (Fsp3) is 0.286. The topological polar surface area (TPSA) is 83.7 Å². The molecule has 0 saturated carbocycles. The summed E-state index contributed by atoms with van der Waals surface area (Å²) in [6, 6.07) is 14.5. The number of hydrogen-bond acceptors (Lipinski definition) is 6. The Bertz CT molecular complexity index is 983. The number of ether oxygens (including phenoxy) is 1. The Morgan fingerprint density at radius 2 is 1.80 bits per heavy atom. The zero-order chi connectivity index (χ0) is 20.9. The van der Waals surface area contributed by atoms with Crippen LogP contribution in [0.25, 0.3) is 11.4 Å². The Morgan fingerprint density at radius 3 is 2.47 bits per heavy atom. The van der Waals surface area contributed by atoms with E-state index in [1.165, 1.54) is 0 Å². The van der Waals surface area contributed by atoms with E-state index in [1.54, 1.807) is 24.1 Å². The molecule has 9 heteroatoms. The molecular formula is C21H22ClN5O3. The predicted molar refractivity (Wildman–Crippen MR) is 114 cm³/mol. The number of benzene rings is 2. The van der Waals surface area contributed by atoms with Crippen LogP contribution in [0.1, 0.15) is 5.89 Å². The van der Waals surface area contributed by atoms with Gasteiger partial charge in [-0.3, -0.25) is 4.90 Å². The van der Waals surface area contributed by atoms with E-state index in [4.69, 9.17) is 20.9 Å². The number of amides is 2. The summed E-state index contributed by atoms with van der Waals surface area (Å²) in [4.78, 5) is 20.9. The van der Waals surface area contributed by atoms with E-state index in [9.17, 15) is 4.79 Å². The Kier molecular flexibility index (Phi) is 6.15. The number of urea groups is 1. The van der Waals surface area contributed by atoms with Gasteiger partial charge in [-0.15, -0.1) is 0 Å². The highest BCUT2D eigenvalue weighted by atomic mass is 35.5. The Hall–Kier alpha value is -3.10. The highest BCUT2D eigenvalue weighted by Gasteiger charge is 2.22. The molecule has 156 valence electrons. The minimum absolute atomic E-state index is 0.109. The summed E-state index contributed by atoms with van der Waals surface area (Å²) in [5.41, 5.74) is 1.60. The molecule has 1 saturated heterocycles. The van der Waals surface area contributed by atoms with Crippen molar-refractivity contribution in [2.45, 2.75) is 6.54 Å². The van der Waals surface area contributed by atoms with Crippen molar-refractivity contribution >= 4 is 23.3 Å². The van der Waals surface area contributed by atoms with Crippen LogP contribution >= 0.6 is 11.6 Å². The van der Waals surface area contributed by atoms with Gasteiger partial charge < -0.3 is 19.5 Å². The zero-order valence-electron chi connectivity index (χ0n) is 16.5. The third kappa shape index (κ3) is 4.90. The highest BCUT2D eigenvalue weighted by Crippen LogP contribution is 2.20. The molecule has 1 N–H and O–H groups in total. The molecule has 30 heavy (non-hydrogen) atoms. The number of methoxy groups -OCH3 is 1. The van der Waals surface area contributed by atoms with E-state index in [0.29, 0.717) is 36.4 Å². The van der Waals surface area contributed by atoms with Crippen molar-refractivity contribution in [2.24, 2.45) is 0 Å². The Labute approximate surface area is 179 Å². The molecule has 0 spiro atoms. The summed E-state index contributed by atoms with van der Waals surface area (Å²) in [5, 5.41) is 7.62. The second kappa shape index (κ2) is 9.15. The molecule has 2 amide bonds. The molecule has 1 aliphatic rings. The van der Waals surface area contributed by atoms with Crippen molar-refractivity contribution in [1.29, 1.82) is 0 Å². The van der Waals surface area contributed by atoms with Crippen LogP contribution in [0.2, 0.25) is 5.02 Å². The van der Waals surface area contributed by atoms with Crippen LogP contribution in [0.5, 0.6) is 5.75 Å². The van der Waals surface area contributed by atoms with Crippen LogP contribution < -0.4 is 10.1 Å². The maximum Gasteiger partial charge on any atom is 0.321 e. The quantitative estimate of drug-likeness (QED) is 0.667. The normalized spacial score (nSPS) is 14.5. The number of nitrogens with one attached hydrogen (secondary N) is 1. The first-order valence-electron chi connectivity index (χ1n) is 9.61. The van der Waals surface area contributed by atoms with Crippen LogP contribution in [0.15, 0.2) is 53.1 Å². The number of carbonyl (C=O) groups is 1. The number of nitrogens with zero attached hydrogens (tertiary/aromatic N) is 4. The van der Waals surface area contributed by atoms with Crippen molar-refractivity contribution in [3.63, 3.8) is 0 Å². The standard InChI is InChI=1S/C21H22ClN5O3/c1-29-18-8-6-17(7-9-18)23-21(28)27-12-10-26(11-13-27)14-19-24-20(25-30-19)15-2-4-16(22)5-3-15/h2-9H,10-14H2,1H3,(H,23,28). The fourth-order valence-electron chi connectivity index (χ4n) is 3.21. The fourth-order valence-corrected chi connectivity index (χ4v) is 3.34. The van der Waals surface area contributed by atoms with Gasteiger partial charge in [-0.05, 0) is 48.5 Å².